The van der Waals surface area contributed by atoms with Crippen LogP contribution in [-0.2, 0) is 0 Å². The van der Waals surface area contributed by atoms with E-state index in [1.54, 1.807) is 12.4 Å². The number of nitrogens with zero attached hydrogens (tertiary/aromatic N) is 6. The van der Waals surface area contributed by atoms with Crippen molar-refractivity contribution in [1.82, 2.24) is 30.9 Å². The molecule has 31 heavy (non-hydrogen) atoms. The first-order valence-electron chi connectivity index (χ1n) is 10.1. The summed E-state index contributed by atoms with van der Waals surface area (Å²) in [6.45, 7) is 3.26. The van der Waals surface area contributed by atoms with Gasteiger partial charge in [-0.1, -0.05) is 24.3 Å². The third-order valence-corrected chi connectivity index (χ3v) is 4.80. The van der Waals surface area contributed by atoms with Crippen molar-refractivity contribution in [3.8, 4) is 11.3 Å². The summed E-state index contributed by atoms with van der Waals surface area (Å²) in [7, 11) is 0. The molecule has 4 heterocycles. The number of aromatic nitrogens is 2. The molecule has 1 aromatic carbocycles. The van der Waals surface area contributed by atoms with Gasteiger partial charge in [-0.3, -0.25) is 0 Å². The Morgan fingerprint density at radius 3 is 2.10 bits per heavy atom. The highest BCUT2D eigenvalue weighted by Gasteiger charge is 2.06. The Morgan fingerprint density at radius 1 is 0.806 bits per heavy atom. The summed E-state index contributed by atoms with van der Waals surface area (Å²) < 4.78 is 2.00. The van der Waals surface area contributed by atoms with Crippen LogP contribution in [0.1, 0.15) is 11.1 Å². The summed E-state index contributed by atoms with van der Waals surface area (Å²) in [5, 5.41) is 14.6. The van der Waals surface area contributed by atoms with Gasteiger partial charge >= 0.3 is 0 Å². The SMILES string of the molecule is C(=N/NC1=NCCN1)/c1ccc(-c2cn3cc(/C=N\NC4=NCCN4)ccc3n2)cc1. The molecule has 10 nitrogen and oxygen atoms in total. The van der Waals surface area contributed by atoms with Gasteiger partial charge in [0.05, 0.1) is 31.2 Å². The largest absolute Gasteiger partial charge is 0.353 e. The van der Waals surface area contributed by atoms with E-state index in [4.69, 9.17) is 4.98 Å². The van der Waals surface area contributed by atoms with E-state index in [1.165, 1.54) is 0 Å². The topological polar surface area (TPSA) is 115 Å². The van der Waals surface area contributed by atoms with Crippen LogP contribution in [0.5, 0.6) is 0 Å². The lowest BCUT2D eigenvalue weighted by molar-refractivity contribution is 0.919. The normalized spacial score (nSPS) is 15.9. The fourth-order valence-corrected chi connectivity index (χ4v) is 3.25. The third-order valence-electron chi connectivity index (χ3n) is 4.80. The number of fused-ring (bicyclic) bond motifs is 1. The summed E-state index contributed by atoms with van der Waals surface area (Å²) >= 11 is 0. The van der Waals surface area contributed by atoms with E-state index in [9.17, 15) is 0 Å². The molecule has 2 aliphatic rings. The molecule has 0 bridgehead atoms. The second kappa shape index (κ2) is 8.66. The number of hydrazone groups is 2. The smallest absolute Gasteiger partial charge is 0.212 e. The highest BCUT2D eigenvalue weighted by Crippen LogP contribution is 2.19. The van der Waals surface area contributed by atoms with Crippen LogP contribution in [-0.4, -0.2) is 59.9 Å². The molecule has 3 aromatic rings. The molecule has 0 saturated carbocycles. The van der Waals surface area contributed by atoms with E-state index in [0.29, 0.717) is 11.9 Å². The van der Waals surface area contributed by atoms with E-state index in [0.717, 1.165) is 54.2 Å². The Labute approximate surface area is 178 Å². The van der Waals surface area contributed by atoms with E-state index >= 15 is 0 Å². The predicted octanol–water partition coefficient (Wildman–Crippen LogP) is 0.767. The van der Waals surface area contributed by atoms with Gasteiger partial charge in [-0.15, -0.1) is 0 Å². The first-order valence-corrected chi connectivity index (χ1v) is 10.1. The number of rotatable bonds is 5. The second-order valence-electron chi connectivity index (χ2n) is 7.03. The van der Waals surface area contributed by atoms with Crippen molar-refractivity contribution in [2.75, 3.05) is 26.2 Å². The molecule has 2 aliphatic heterocycles. The van der Waals surface area contributed by atoms with Gasteiger partial charge in [-0.05, 0) is 17.7 Å². The van der Waals surface area contributed by atoms with Crippen LogP contribution < -0.4 is 21.5 Å². The molecular formula is C21H22N10. The molecule has 4 N–H and O–H groups in total. The molecule has 10 heteroatoms. The number of nitrogens with one attached hydrogen (secondary N) is 4. The molecule has 2 aromatic heterocycles. The molecule has 0 atom stereocenters. The van der Waals surface area contributed by atoms with E-state index < -0.39 is 0 Å². The summed E-state index contributed by atoms with van der Waals surface area (Å²) in [6, 6.07) is 12.1. The van der Waals surface area contributed by atoms with Crippen molar-refractivity contribution in [3.05, 3.63) is 59.9 Å². The lowest BCUT2D eigenvalue weighted by Gasteiger charge is -2.00. The van der Waals surface area contributed by atoms with Crippen molar-refractivity contribution in [1.29, 1.82) is 0 Å². The molecule has 0 fully saturated rings. The molecule has 0 amide bonds. The summed E-state index contributed by atoms with van der Waals surface area (Å²) in [5.74, 6) is 1.41. The van der Waals surface area contributed by atoms with Gasteiger partial charge in [0.1, 0.15) is 5.65 Å². The van der Waals surface area contributed by atoms with Crippen molar-refractivity contribution < 1.29 is 0 Å². The average Bonchev–Trinajstić information content (AvgIpc) is 3.56. The maximum absolute atomic E-state index is 4.72. The molecule has 0 aliphatic carbocycles. The summed E-state index contributed by atoms with van der Waals surface area (Å²) in [6.07, 6.45) is 7.53. The Kier molecular flexibility index (Phi) is 5.25. The molecule has 156 valence electrons. The van der Waals surface area contributed by atoms with Crippen LogP contribution >= 0.6 is 0 Å². The van der Waals surface area contributed by atoms with Crippen LogP contribution in [0.15, 0.2) is 69.0 Å². The summed E-state index contributed by atoms with van der Waals surface area (Å²) in [5.41, 5.74) is 10.6. The highest BCUT2D eigenvalue weighted by atomic mass is 15.4. The van der Waals surface area contributed by atoms with Crippen molar-refractivity contribution >= 4 is 30.0 Å². The minimum Gasteiger partial charge on any atom is -0.353 e. The Morgan fingerprint density at radius 2 is 1.45 bits per heavy atom. The third kappa shape index (κ3) is 4.53. The standard InChI is InChI=1S/C21H22N10/c1-4-17(5-2-15(1)11-26-29-20-22-7-8-23-20)18-14-31-13-16(3-6-19(31)28-18)12-27-30-21-24-9-10-25-21/h1-6,11-14H,7-10H2,(H2,22,23,29)(H2,24,25,30)/b26-11-,27-12-. The van der Waals surface area contributed by atoms with Crippen molar-refractivity contribution in [2.45, 2.75) is 0 Å². The molecule has 0 unspecified atom stereocenters. The van der Waals surface area contributed by atoms with Crippen LogP contribution in [0.4, 0.5) is 0 Å². The number of imidazole rings is 1. The van der Waals surface area contributed by atoms with Crippen molar-refractivity contribution in [2.24, 2.45) is 20.2 Å². The van der Waals surface area contributed by atoms with Gasteiger partial charge in [0.25, 0.3) is 0 Å². The molecular weight excluding hydrogens is 392 g/mol. The minimum atomic E-state index is 0.704. The number of aliphatic imine (C=N–C) groups is 2. The number of pyridine rings is 1. The van der Waals surface area contributed by atoms with Gasteiger partial charge < -0.3 is 15.0 Å². The lowest BCUT2D eigenvalue weighted by atomic mass is 10.1. The molecule has 0 radical (unpaired) electrons. The van der Waals surface area contributed by atoms with Gasteiger partial charge in [-0.2, -0.15) is 10.2 Å². The first kappa shape index (κ1) is 18.8. The monoisotopic (exact) mass is 414 g/mol. The fourth-order valence-electron chi connectivity index (χ4n) is 3.25. The van der Waals surface area contributed by atoms with E-state index in [-0.39, 0.29) is 0 Å². The number of hydrogen-bond acceptors (Lipinski definition) is 9. The first-order chi connectivity index (χ1) is 15.3. The molecule has 5 rings (SSSR count). The van der Waals surface area contributed by atoms with Crippen LogP contribution in [0.2, 0.25) is 0 Å². The molecule has 0 saturated heterocycles. The maximum atomic E-state index is 4.72. The number of guanidine groups is 2. The van der Waals surface area contributed by atoms with Crippen LogP contribution in [0.25, 0.3) is 16.9 Å². The zero-order valence-corrected chi connectivity index (χ0v) is 16.8. The zero-order valence-electron chi connectivity index (χ0n) is 16.8. The van der Waals surface area contributed by atoms with Crippen LogP contribution in [0, 0.1) is 0 Å². The number of hydrogen-bond donors (Lipinski definition) is 4. The highest BCUT2D eigenvalue weighted by molar-refractivity contribution is 5.86. The van der Waals surface area contributed by atoms with Gasteiger partial charge in [0, 0.05) is 36.6 Å². The quantitative estimate of drug-likeness (QED) is 0.364. The fraction of sp³-hybridized carbons (Fsp3) is 0.190. The molecule has 0 spiro atoms. The second-order valence-corrected chi connectivity index (χ2v) is 7.03. The van der Waals surface area contributed by atoms with Crippen molar-refractivity contribution in [3.63, 3.8) is 0 Å². The Hall–Kier alpha value is -4.21. The van der Waals surface area contributed by atoms with E-state index in [2.05, 4.69) is 41.7 Å². The minimum absolute atomic E-state index is 0.704. The van der Waals surface area contributed by atoms with Gasteiger partial charge in [0.15, 0.2) is 0 Å². The average molecular weight is 414 g/mol. The number of benzene rings is 1. The van der Waals surface area contributed by atoms with Crippen LogP contribution in [0.3, 0.4) is 0 Å². The van der Waals surface area contributed by atoms with Gasteiger partial charge in [-0.25, -0.2) is 25.8 Å². The Bertz CT molecular complexity index is 1190. The predicted molar refractivity (Wildman–Crippen MR) is 123 cm³/mol. The maximum Gasteiger partial charge on any atom is 0.212 e. The zero-order chi connectivity index (χ0) is 20.9. The lowest BCUT2D eigenvalue weighted by Crippen LogP contribution is -2.30. The summed E-state index contributed by atoms with van der Waals surface area (Å²) in [4.78, 5) is 13.2. The van der Waals surface area contributed by atoms with Gasteiger partial charge in [0.2, 0.25) is 11.9 Å². The Balaban J connectivity index is 1.26. The van der Waals surface area contributed by atoms with E-state index in [1.807, 2.05) is 53.2 Å².